The third-order valence-corrected chi connectivity index (χ3v) is 5.27. The van der Waals surface area contributed by atoms with Crippen molar-refractivity contribution < 1.29 is 14.3 Å². The predicted molar refractivity (Wildman–Crippen MR) is 97.3 cm³/mol. The van der Waals surface area contributed by atoms with Crippen LogP contribution in [0.2, 0.25) is 15.1 Å². The number of benzene rings is 2. The van der Waals surface area contributed by atoms with Crippen LogP contribution >= 0.6 is 34.8 Å². The number of rotatable bonds is 2. The van der Waals surface area contributed by atoms with E-state index in [2.05, 4.69) is 0 Å². The molecule has 1 amide bonds. The van der Waals surface area contributed by atoms with Crippen LogP contribution in [0.5, 0.6) is 0 Å². The normalized spacial score (nSPS) is 18.7. The number of carbonyl (C=O) groups is 1. The summed E-state index contributed by atoms with van der Waals surface area (Å²) in [6, 6.07) is 10.5. The summed E-state index contributed by atoms with van der Waals surface area (Å²) < 4.78 is 11.6. The molecule has 0 N–H and O–H groups in total. The van der Waals surface area contributed by atoms with Gasteiger partial charge in [0.1, 0.15) is 0 Å². The fourth-order valence-electron chi connectivity index (χ4n) is 3.23. The minimum Gasteiger partial charge on any atom is -0.338 e. The number of nitrogens with zero attached hydrogens (tertiary/aromatic N) is 1. The van der Waals surface area contributed by atoms with Crippen LogP contribution in [0.1, 0.15) is 17.5 Å². The lowest BCUT2D eigenvalue weighted by molar-refractivity contribution is -0.256. The molecular weight excluding hydrogens is 385 g/mol. The molecule has 25 heavy (non-hydrogen) atoms. The number of anilines is 1. The number of carbonyl (C=O) groups excluding carboxylic acids is 1. The molecule has 4 nitrogen and oxygen atoms in total. The molecule has 2 aliphatic rings. The van der Waals surface area contributed by atoms with Crippen molar-refractivity contribution in [1.29, 1.82) is 0 Å². The van der Waals surface area contributed by atoms with Crippen molar-refractivity contribution in [2.24, 2.45) is 0 Å². The molecule has 2 aromatic carbocycles. The molecule has 130 valence electrons. The van der Waals surface area contributed by atoms with Gasteiger partial charge in [-0.1, -0.05) is 53.0 Å². The Hall–Kier alpha value is -1.30. The van der Waals surface area contributed by atoms with E-state index in [9.17, 15) is 4.79 Å². The SMILES string of the molecule is O=C1N(Cc2ccc(Cl)cc2Cl)c2c(Cl)cccc2C12OCCCO2. The topological polar surface area (TPSA) is 38.8 Å². The molecular formula is C18H14Cl3NO3. The number of fused-ring (bicyclic) bond motifs is 2. The van der Waals surface area contributed by atoms with Crippen LogP contribution in [0.25, 0.3) is 0 Å². The summed E-state index contributed by atoms with van der Waals surface area (Å²) in [5, 5.41) is 1.49. The largest absolute Gasteiger partial charge is 0.338 e. The molecule has 2 heterocycles. The zero-order valence-electron chi connectivity index (χ0n) is 13.1. The van der Waals surface area contributed by atoms with Gasteiger partial charge in [0.2, 0.25) is 0 Å². The van der Waals surface area contributed by atoms with Crippen molar-refractivity contribution in [2.45, 2.75) is 18.8 Å². The minimum absolute atomic E-state index is 0.250. The van der Waals surface area contributed by atoms with Gasteiger partial charge in [-0.25, -0.2) is 0 Å². The van der Waals surface area contributed by atoms with Crippen LogP contribution in [-0.2, 0) is 26.6 Å². The molecule has 1 fully saturated rings. The molecule has 0 unspecified atom stereocenters. The molecule has 0 saturated carbocycles. The van der Waals surface area contributed by atoms with Gasteiger partial charge in [0.05, 0.1) is 30.5 Å². The number of hydrogen-bond donors (Lipinski definition) is 0. The van der Waals surface area contributed by atoms with Crippen LogP contribution in [0.4, 0.5) is 5.69 Å². The van der Waals surface area contributed by atoms with Gasteiger partial charge in [0, 0.05) is 15.6 Å². The Morgan fingerprint density at radius 2 is 1.80 bits per heavy atom. The molecule has 0 aromatic heterocycles. The summed E-state index contributed by atoms with van der Waals surface area (Å²) in [6.45, 7) is 1.15. The first-order chi connectivity index (χ1) is 12.0. The lowest BCUT2D eigenvalue weighted by atomic mass is 10.1. The molecule has 0 atom stereocenters. The van der Waals surface area contributed by atoms with Gasteiger partial charge in [-0.3, -0.25) is 4.79 Å². The van der Waals surface area contributed by atoms with Gasteiger partial charge >= 0.3 is 0 Å². The molecule has 7 heteroatoms. The van der Waals surface area contributed by atoms with Gasteiger partial charge in [-0.2, -0.15) is 0 Å². The van der Waals surface area contributed by atoms with E-state index in [-0.39, 0.29) is 12.5 Å². The lowest BCUT2D eigenvalue weighted by Gasteiger charge is -2.32. The van der Waals surface area contributed by atoms with Gasteiger partial charge in [0.25, 0.3) is 11.7 Å². The molecule has 1 saturated heterocycles. The highest BCUT2D eigenvalue weighted by Gasteiger charge is 2.55. The van der Waals surface area contributed by atoms with Gasteiger partial charge in [0.15, 0.2) is 0 Å². The van der Waals surface area contributed by atoms with Crippen molar-refractivity contribution >= 4 is 46.4 Å². The summed E-state index contributed by atoms with van der Waals surface area (Å²) in [6.07, 6.45) is 0.744. The number of ether oxygens (including phenoxy) is 2. The second-order valence-corrected chi connectivity index (χ2v) is 7.18. The molecule has 2 aromatic rings. The van der Waals surface area contributed by atoms with E-state index in [1.807, 2.05) is 6.07 Å². The Morgan fingerprint density at radius 1 is 1.04 bits per heavy atom. The fourth-order valence-corrected chi connectivity index (χ4v) is 3.98. The molecule has 0 bridgehead atoms. The fraction of sp³-hybridized carbons (Fsp3) is 0.278. The highest BCUT2D eigenvalue weighted by Crippen LogP contribution is 2.48. The number of hydrogen-bond acceptors (Lipinski definition) is 3. The summed E-state index contributed by atoms with van der Waals surface area (Å²) in [7, 11) is 0. The minimum atomic E-state index is -1.42. The van der Waals surface area contributed by atoms with E-state index in [1.54, 1.807) is 35.2 Å². The van der Waals surface area contributed by atoms with E-state index in [0.29, 0.717) is 39.5 Å². The van der Waals surface area contributed by atoms with E-state index in [1.165, 1.54) is 0 Å². The van der Waals surface area contributed by atoms with Crippen molar-refractivity contribution in [3.8, 4) is 0 Å². The monoisotopic (exact) mass is 397 g/mol. The summed E-state index contributed by atoms with van der Waals surface area (Å²) in [4.78, 5) is 14.8. The third kappa shape index (κ3) is 2.73. The van der Waals surface area contributed by atoms with E-state index < -0.39 is 5.79 Å². The Labute approximate surface area is 160 Å². The van der Waals surface area contributed by atoms with Crippen LogP contribution < -0.4 is 4.90 Å². The molecule has 1 spiro atoms. The van der Waals surface area contributed by atoms with Crippen LogP contribution in [0, 0.1) is 0 Å². The van der Waals surface area contributed by atoms with Crippen molar-refractivity contribution in [2.75, 3.05) is 18.1 Å². The van der Waals surface area contributed by atoms with Crippen LogP contribution in [-0.4, -0.2) is 19.1 Å². The first kappa shape index (κ1) is 17.1. The maximum absolute atomic E-state index is 13.2. The average Bonchev–Trinajstić information content (AvgIpc) is 2.82. The smallest absolute Gasteiger partial charge is 0.292 e. The summed E-state index contributed by atoms with van der Waals surface area (Å²) in [5.41, 5.74) is 2.00. The van der Waals surface area contributed by atoms with Crippen molar-refractivity contribution in [3.05, 3.63) is 62.6 Å². The van der Waals surface area contributed by atoms with Crippen LogP contribution in [0.3, 0.4) is 0 Å². The maximum atomic E-state index is 13.2. The molecule has 0 radical (unpaired) electrons. The summed E-state index contributed by atoms with van der Waals surface area (Å²) >= 11 is 18.6. The first-order valence-corrected chi connectivity index (χ1v) is 8.99. The Bertz CT molecular complexity index is 849. The van der Waals surface area contributed by atoms with E-state index >= 15 is 0 Å². The maximum Gasteiger partial charge on any atom is 0.292 e. The highest BCUT2D eigenvalue weighted by molar-refractivity contribution is 6.35. The van der Waals surface area contributed by atoms with Crippen LogP contribution in [0.15, 0.2) is 36.4 Å². The lowest BCUT2D eigenvalue weighted by Crippen LogP contribution is -2.47. The zero-order chi connectivity index (χ0) is 17.6. The Morgan fingerprint density at radius 3 is 2.52 bits per heavy atom. The molecule has 4 rings (SSSR count). The number of amides is 1. The Kier molecular flexibility index (Phi) is 4.42. The van der Waals surface area contributed by atoms with Gasteiger partial charge < -0.3 is 14.4 Å². The second kappa shape index (κ2) is 6.45. The van der Waals surface area contributed by atoms with Crippen molar-refractivity contribution in [1.82, 2.24) is 0 Å². The molecule has 2 aliphatic heterocycles. The first-order valence-electron chi connectivity index (χ1n) is 7.86. The third-order valence-electron chi connectivity index (χ3n) is 4.38. The standard InChI is InChI=1S/C18H14Cl3NO3/c19-12-6-5-11(15(21)9-12)10-22-16-13(3-1-4-14(16)20)18(17(22)23)24-7-2-8-25-18/h1,3-6,9H,2,7-8,10H2. The Balaban J connectivity index is 1.80. The average molecular weight is 399 g/mol. The van der Waals surface area contributed by atoms with Gasteiger partial charge in [-0.15, -0.1) is 0 Å². The number of halogens is 3. The van der Waals surface area contributed by atoms with Gasteiger partial charge in [-0.05, 0) is 30.2 Å². The van der Waals surface area contributed by atoms with Crippen molar-refractivity contribution in [3.63, 3.8) is 0 Å². The second-order valence-electron chi connectivity index (χ2n) is 5.93. The highest BCUT2D eigenvalue weighted by atomic mass is 35.5. The van der Waals surface area contributed by atoms with E-state index in [0.717, 1.165) is 12.0 Å². The molecule has 0 aliphatic carbocycles. The quantitative estimate of drug-likeness (QED) is 0.730. The van der Waals surface area contributed by atoms with E-state index in [4.69, 9.17) is 44.3 Å². The summed E-state index contributed by atoms with van der Waals surface area (Å²) in [5.74, 6) is -1.71. The predicted octanol–water partition coefficient (Wildman–Crippen LogP) is 4.78. The zero-order valence-corrected chi connectivity index (χ0v) is 15.4. The number of para-hydroxylation sites is 1.